The van der Waals surface area contributed by atoms with Crippen molar-refractivity contribution in [2.24, 2.45) is 0 Å². The van der Waals surface area contributed by atoms with E-state index in [1.54, 1.807) is 6.07 Å². The minimum atomic E-state index is -0.324. The molecule has 0 spiro atoms. The summed E-state index contributed by atoms with van der Waals surface area (Å²) < 4.78 is 13.3. The Kier molecular flexibility index (Phi) is 3.29. The Balaban J connectivity index is 2.05. The predicted molar refractivity (Wildman–Crippen MR) is 65.1 cm³/mol. The van der Waals surface area contributed by atoms with Crippen LogP contribution in [-0.4, -0.2) is 37.6 Å². The molecular weight excluding hydrogens is 205 g/mol. The maximum atomic E-state index is 13.3. The van der Waals surface area contributed by atoms with Crippen molar-refractivity contribution in [3.63, 3.8) is 0 Å². The average molecular weight is 223 g/mol. The highest BCUT2D eigenvalue weighted by molar-refractivity contribution is 5.54. The highest BCUT2D eigenvalue weighted by Crippen LogP contribution is 2.21. The normalized spacial score (nSPS) is 17.8. The van der Waals surface area contributed by atoms with Crippen molar-refractivity contribution in [2.75, 3.05) is 43.4 Å². The Morgan fingerprint density at radius 1 is 1.25 bits per heavy atom. The van der Waals surface area contributed by atoms with E-state index in [0.717, 1.165) is 38.4 Å². The first-order valence-corrected chi connectivity index (χ1v) is 5.73. The predicted octanol–water partition coefficient (Wildman–Crippen LogP) is 1.55. The van der Waals surface area contributed by atoms with Gasteiger partial charge in [-0.1, -0.05) is 6.92 Å². The SMILES string of the molecule is CCN1CCN(c2ccc(N)c(F)c2)CC1. The van der Waals surface area contributed by atoms with Gasteiger partial charge in [0.05, 0.1) is 5.69 Å². The average Bonchev–Trinajstić information content (AvgIpc) is 2.33. The molecule has 1 fully saturated rings. The van der Waals surface area contributed by atoms with Crippen LogP contribution < -0.4 is 10.6 Å². The van der Waals surface area contributed by atoms with E-state index in [0.29, 0.717) is 0 Å². The molecule has 1 aromatic carbocycles. The van der Waals surface area contributed by atoms with Crippen LogP contribution in [0.2, 0.25) is 0 Å². The lowest BCUT2D eigenvalue weighted by molar-refractivity contribution is 0.271. The smallest absolute Gasteiger partial charge is 0.148 e. The second kappa shape index (κ2) is 4.70. The van der Waals surface area contributed by atoms with E-state index in [4.69, 9.17) is 5.73 Å². The molecule has 2 N–H and O–H groups in total. The molecule has 0 aliphatic carbocycles. The maximum absolute atomic E-state index is 13.3. The Bertz CT molecular complexity index is 359. The number of halogens is 1. The highest BCUT2D eigenvalue weighted by Gasteiger charge is 2.16. The van der Waals surface area contributed by atoms with E-state index in [2.05, 4.69) is 16.7 Å². The Labute approximate surface area is 95.6 Å². The van der Waals surface area contributed by atoms with Gasteiger partial charge in [-0.15, -0.1) is 0 Å². The van der Waals surface area contributed by atoms with Crippen molar-refractivity contribution in [3.8, 4) is 0 Å². The van der Waals surface area contributed by atoms with Crippen molar-refractivity contribution in [3.05, 3.63) is 24.0 Å². The molecule has 1 heterocycles. The van der Waals surface area contributed by atoms with Crippen molar-refractivity contribution >= 4 is 11.4 Å². The number of benzene rings is 1. The molecule has 4 heteroatoms. The minimum absolute atomic E-state index is 0.218. The van der Waals surface area contributed by atoms with Crippen LogP contribution in [-0.2, 0) is 0 Å². The second-order valence-electron chi connectivity index (χ2n) is 4.13. The number of anilines is 2. The van der Waals surface area contributed by atoms with Crippen LogP contribution >= 0.6 is 0 Å². The van der Waals surface area contributed by atoms with Gasteiger partial charge in [0.15, 0.2) is 0 Å². The summed E-state index contributed by atoms with van der Waals surface area (Å²) in [6.45, 7) is 7.25. The molecule has 1 aliphatic rings. The fourth-order valence-corrected chi connectivity index (χ4v) is 2.04. The molecule has 0 unspecified atom stereocenters. The fourth-order valence-electron chi connectivity index (χ4n) is 2.04. The van der Waals surface area contributed by atoms with E-state index < -0.39 is 0 Å². The van der Waals surface area contributed by atoms with Crippen molar-refractivity contribution in [1.29, 1.82) is 0 Å². The molecule has 0 radical (unpaired) electrons. The first-order valence-electron chi connectivity index (χ1n) is 5.73. The lowest BCUT2D eigenvalue weighted by Crippen LogP contribution is -2.46. The molecule has 1 aromatic rings. The van der Waals surface area contributed by atoms with Gasteiger partial charge in [0.1, 0.15) is 5.82 Å². The zero-order valence-electron chi connectivity index (χ0n) is 9.62. The molecule has 88 valence electrons. The monoisotopic (exact) mass is 223 g/mol. The molecule has 1 aliphatic heterocycles. The number of hydrogen-bond acceptors (Lipinski definition) is 3. The van der Waals surface area contributed by atoms with Crippen LogP contribution in [0.4, 0.5) is 15.8 Å². The summed E-state index contributed by atoms with van der Waals surface area (Å²) in [5.74, 6) is -0.324. The van der Waals surface area contributed by atoms with Gasteiger partial charge >= 0.3 is 0 Å². The molecule has 0 bridgehead atoms. The van der Waals surface area contributed by atoms with E-state index in [1.165, 1.54) is 6.07 Å². The van der Waals surface area contributed by atoms with Crippen LogP contribution in [0.3, 0.4) is 0 Å². The lowest BCUT2D eigenvalue weighted by Gasteiger charge is -2.35. The first-order chi connectivity index (χ1) is 7.70. The third-order valence-electron chi connectivity index (χ3n) is 3.17. The Hall–Kier alpha value is -1.29. The molecule has 0 aromatic heterocycles. The number of hydrogen-bond donors (Lipinski definition) is 1. The van der Waals surface area contributed by atoms with E-state index in [9.17, 15) is 4.39 Å². The summed E-state index contributed by atoms with van der Waals surface area (Å²) in [6.07, 6.45) is 0. The van der Waals surface area contributed by atoms with Crippen molar-refractivity contribution < 1.29 is 4.39 Å². The van der Waals surface area contributed by atoms with E-state index in [1.807, 2.05) is 6.07 Å². The summed E-state index contributed by atoms with van der Waals surface area (Å²) in [5.41, 5.74) is 6.61. The van der Waals surface area contributed by atoms with Gasteiger partial charge in [0, 0.05) is 31.9 Å². The minimum Gasteiger partial charge on any atom is -0.396 e. The van der Waals surface area contributed by atoms with Crippen molar-refractivity contribution in [2.45, 2.75) is 6.92 Å². The molecular formula is C12H18FN3. The maximum Gasteiger partial charge on any atom is 0.148 e. The number of nitrogens with two attached hydrogens (primary N) is 1. The summed E-state index contributed by atoms with van der Waals surface area (Å²) >= 11 is 0. The molecule has 2 rings (SSSR count). The number of piperazine rings is 1. The molecule has 1 saturated heterocycles. The fraction of sp³-hybridized carbons (Fsp3) is 0.500. The van der Waals surface area contributed by atoms with Gasteiger partial charge in [0.25, 0.3) is 0 Å². The molecule has 0 atom stereocenters. The van der Waals surface area contributed by atoms with Crippen LogP contribution in [0, 0.1) is 5.82 Å². The van der Waals surface area contributed by atoms with Crippen LogP contribution in [0.5, 0.6) is 0 Å². The van der Waals surface area contributed by atoms with Gasteiger partial charge < -0.3 is 15.5 Å². The first kappa shape index (κ1) is 11.2. The highest BCUT2D eigenvalue weighted by atomic mass is 19.1. The zero-order chi connectivity index (χ0) is 11.5. The molecule has 16 heavy (non-hydrogen) atoms. The molecule has 0 saturated carbocycles. The number of nitrogens with zero attached hydrogens (tertiary/aromatic N) is 2. The molecule has 3 nitrogen and oxygen atoms in total. The number of nitrogen functional groups attached to an aromatic ring is 1. The van der Waals surface area contributed by atoms with Gasteiger partial charge in [0.2, 0.25) is 0 Å². The summed E-state index contributed by atoms with van der Waals surface area (Å²) in [4.78, 5) is 4.60. The number of likely N-dealkylation sites (N-methyl/N-ethyl adjacent to an activating group) is 1. The largest absolute Gasteiger partial charge is 0.396 e. The Morgan fingerprint density at radius 2 is 1.94 bits per heavy atom. The molecule has 0 amide bonds. The standard InChI is InChI=1S/C12H18FN3/c1-2-15-5-7-16(8-6-15)10-3-4-12(14)11(13)9-10/h3-4,9H,2,5-8,14H2,1H3. The van der Waals surface area contributed by atoms with Crippen LogP contribution in [0.1, 0.15) is 6.92 Å². The third-order valence-corrected chi connectivity index (χ3v) is 3.17. The van der Waals surface area contributed by atoms with Gasteiger partial charge in [-0.05, 0) is 24.7 Å². The van der Waals surface area contributed by atoms with E-state index >= 15 is 0 Å². The van der Waals surface area contributed by atoms with Crippen LogP contribution in [0.15, 0.2) is 18.2 Å². The summed E-state index contributed by atoms with van der Waals surface area (Å²) in [6, 6.07) is 5.05. The van der Waals surface area contributed by atoms with Gasteiger partial charge in [-0.2, -0.15) is 0 Å². The van der Waals surface area contributed by atoms with E-state index in [-0.39, 0.29) is 11.5 Å². The van der Waals surface area contributed by atoms with Gasteiger partial charge in [-0.25, -0.2) is 4.39 Å². The van der Waals surface area contributed by atoms with Crippen LogP contribution in [0.25, 0.3) is 0 Å². The zero-order valence-corrected chi connectivity index (χ0v) is 9.62. The number of rotatable bonds is 2. The summed E-state index contributed by atoms with van der Waals surface area (Å²) in [7, 11) is 0. The van der Waals surface area contributed by atoms with Gasteiger partial charge in [-0.3, -0.25) is 0 Å². The lowest BCUT2D eigenvalue weighted by atomic mass is 10.2. The topological polar surface area (TPSA) is 32.5 Å². The Morgan fingerprint density at radius 3 is 2.50 bits per heavy atom. The summed E-state index contributed by atoms with van der Waals surface area (Å²) in [5, 5.41) is 0. The quantitative estimate of drug-likeness (QED) is 0.772. The third kappa shape index (κ3) is 2.27. The second-order valence-corrected chi connectivity index (χ2v) is 4.13. The van der Waals surface area contributed by atoms with Crippen molar-refractivity contribution in [1.82, 2.24) is 4.90 Å².